The van der Waals surface area contributed by atoms with Crippen LogP contribution >= 0.6 is 0 Å². The first-order valence-corrected chi connectivity index (χ1v) is 5.09. The van der Waals surface area contributed by atoms with E-state index < -0.39 is 5.97 Å². The summed E-state index contributed by atoms with van der Waals surface area (Å²) in [5, 5.41) is 1.08. The fourth-order valence-corrected chi connectivity index (χ4v) is 1.71. The molecule has 0 atom stereocenters. The van der Waals surface area contributed by atoms with Crippen LogP contribution in [0.4, 0.5) is 0 Å². The molecule has 2 rings (SSSR count). The fourth-order valence-electron chi connectivity index (χ4n) is 1.71. The Balaban J connectivity index is 2.70. The van der Waals surface area contributed by atoms with E-state index in [1.807, 2.05) is 26.0 Å². The van der Waals surface area contributed by atoms with Crippen molar-refractivity contribution >= 4 is 16.9 Å². The number of aromatic nitrogens is 1. The molecule has 3 heteroatoms. The van der Waals surface area contributed by atoms with Gasteiger partial charge in [0.1, 0.15) is 5.69 Å². The standard InChI is InChI=1S/C13H13NO2/c1-8-4-5-9(2)12-10(8)6-7-11(14-12)13(15)16-3/h4-7H,1-3H3. The van der Waals surface area contributed by atoms with Crippen molar-refractivity contribution in [1.29, 1.82) is 0 Å². The van der Waals surface area contributed by atoms with Crippen molar-refractivity contribution in [1.82, 2.24) is 4.98 Å². The summed E-state index contributed by atoms with van der Waals surface area (Å²) in [6.07, 6.45) is 0. The van der Waals surface area contributed by atoms with E-state index in [1.165, 1.54) is 7.11 Å². The number of fused-ring (bicyclic) bond motifs is 1. The van der Waals surface area contributed by atoms with E-state index >= 15 is 0 Å². The normalized spacial score (nSPS) is 10.4. The number of ether oxygens (including phenoxy) is 1. The highest BCUT2D eigenvalue weighted by molar-refractivity contribution is 5.92. The maximum absolute atomic E-state index is 11.4. The first kappa shape index (κ1) is 10.6. The molecule has 0 aliphatic rings. The molecule has 0 radical (unpaired) electrons. The predicted octanol–water partition coefficient (Wildman–Crippen LogP) is 2.64. The van der Waals surface area contributed by atoms with Gasteiger partial charge in [0.15, 0.2) is 0 Å². The molecule has 0 saturated heterocycles. The highest BCUT2D eigenvalue weighted by Gasteiger charge is 2.09. The summed E-state index contributed by atoms with van der Waals surface area (Å²) in [7, 11) is 1.36. The summed E-state index contributed by atoms with van der Waals surface area (Å²) in [5.41, 5.74) is 3.43. The Kier molecular flexibility index (Phi) is 2.60. The van der Waals surface area contributed by atoms with Gasteiger partial charge in [-0.05, 0) is 31.0 Å². The zero-order chi connectivity index (χ0) is 11.7. The van der Waals surface area contributed by atoms with Crippen LogP contribution in [0.1, 0.15) is 21.6 Å². The van der Waals surface area contributed by atoms with Crippen molar-refractivity contribution in [2.24, 2.45) is 0 Å². The lowest BCUT2D eigenvalue weighted by Crippen LogP contribution is -2.04. The second kappa shape index (κ2) is 3.93. The number of pyridine rings is 1. The third-order valence-corrected chi connectivity index (χ3v) is 2.67. The van der Waals surface area contributed by atoms with E-state index in [9.17, 15) is 4.79 Å². The van der Waals surface area contributed by atoms with Gasteiger partial charge in [-0.15, -0.1) is 0 Å². The van der Waals surface area contributed by atoms with Crippen LogP contribution in [-0.2, 0) is 4.74 Å². The number of methoxy groups -OCH3 is 1. The van der Waals surface area contributed by atoms with Crippen LogP contribution in [0.5, 0.6) is 0 Å². The zero-order valence-electron chi connectivity index (χ0n) is 9.57. The van der Waals surface area contributed by atoms with Crippen molar-refractivity contribution in [3.8, 4) is 0 Å². The molecule has 16 heavy (non-hydrogen) atoms. The maximum atomic E-state index is 11.4. The topological polar surface area (TPSA) is 39.2 Å². The van der Waals surface area contributed by atoms with Gasteiger partial charge in [0.25, 0.3) is 0 Å². The van der Waals surface area contributed by atoms with Crippen molar-refractivity contribution in [3.63, 3.8) is 0 Å². The molecular formula is C13H13NO2. The average molecular weight is 215 g/mol. The number of rotatable bonds is 1. The van der Waals surface area contributed by atoms with Crippen molar-refractivity contribution in [3.05, 3.63) is 41.1 Å². The largest absolute Gasteiger partial charge is 0.464 e. The predicted molar refractivity (Wildman–Crippen MR) is 62.6 cm³/mol. The first-order valence-electron chi connectivity index (χ1n) is 5.09. The molecule has 1 heterocycles. The number of esters is 1. The van der Waals surface area contributed by atoms with Crippen LogP contribution in [0.25, 0.3) is 10.9 Å². The molecule has 0 unspecified atom stereocenters. The monoisotopic (exact) mass is 215 g/mol. The van der Waals surface area contributed by atoms with E-state index in [1.54, 1.807) is 6.07 Å². The Labute approximate surface area is 94.1 Å². The summed E-state index contributed by atoms with van der Waals surface area (Å²) < 4.78 is 4.65. The molecule has 82 valence electrons. The number of hydrogen-bond donors (Lipinski definition) is 0. The summed E-state index contributed by atoms with van der Waals surface area (Å²) in [6.45, 7) is 4.01. The van der Waals surface area contributed by atoms with E-state index in [0.717, 1.165) is 22.0 Å². The number of hydrogen-bond acceptors (Lipinski definition) is 3. The maximum Gasteiger partial charge on any atom is 0.356 e. The summed E-state index contributed by atoms with van der Waals surface area (Å²) in [6, 6.07) is 7.67. The first-order chi connectivity index (χ1) is 7.63. The van der Waals surface area contributed by atoms with Crippen molar-refractivity contribution in [2.75, 3.05) is 7.11 Å². The van der Waals surface area contributed by atoms with Gasteiger partial charge in [-0.1, -0.05) is 18.2 Å². The third kappa shape index (κ3) is 1.65. The van der Waals surface area contributed by atoms with Gasteiger partial charge in [-0.25, -0.2) is 9.78 Å². The highest BCUT2D eigenvalue weighted by atomic mass is 16.5. The number of aryl methyl sites for hydroxylation is 2. The molecular weight excluding hydrogens is 202 g/mol. The molecule has 0 bridgehead atoms. The van der Waals surface area contributed by atoms with E-state index in [-0.39, 0.29) is 0 Å². The zero-order valence-corrected chi connectivity index (χ0v) is 9.57. The van der Waals surface area contributed by atoms with Gasteiger partial charge < -0.3 is 4.74 Å². The van der Waals surface area contributed by atoms with Gasteiger partial charge in [0.05, 0.1) is 12.6 Å². The molecule has 0 saturated carbocycles. The Morgan fingerprint density at radius 3 is 2.50 bits per heavy atom. The minimum Gasteiger partial charge on any atom is -0.464 e. The van der Waals surface area contributed by atoms with E-state index in [0.29, 0.717) is 5.69 Å². The molecule has 0 amide bonds. The van der Waals surface area contributed by atoms with Gasteiger partial charge in [-0.2, -0.15) is 0 Å². The molecule has 0 spiro atoms. The SMILES string of the molecule is COC(=O)c1ccc2c(C)ccc(C)c2n1. The second-order valence-electron chi connectivity index (χ2n) is 3.78. The van der Waals surface area contributed by atoms with E-state index in [2.05, 4.69) is 15.8 Å². The third-order valence-electron chi connectivity index (χ3n) is 2.67. The molecule has 2 aromatic rings. The van der Waals surface area contributed by atoms with Gasteiger partial charge in [-0.3, -0.25) is 0 Å². The van der Waals surface area contributed by atoms with Crippen LogP contribution in [0.2, 0.25) is 0 Å². The molecule has 0 aliphatic heterocycles. The van der Waals surface area contributed by atoms with Crippen LogP contribution in [0.15, 0.2) is 24.3 Å². The minimum absolute atomic E-state index is 0.351. The van der Waals surface area contributed by atoms with Crippen LogP contribution in [0, 0.1) is 13.8 Å². The minimum atomic E-state index is -0.400. The summed E-state index contributed by atoms with van der Waals surface area (Å²) in [5.74, 6) is -0.400. The quantitative estimate of drug-likeness (QED) is 0.686. The van der Waals surface area contributed by atoms with Crippen LogP contribution in [0.3, 0.4) is 0 Å². The summed E-state index contributed by atoms with van der Waals surface area (Å²) >= 11 is 0. The lowest BCUT2D eigenvalue weighted by atomic mass is 10.1. The molecule has 1 aromatic carbocycles. The number of carbonyl (C=O) groups is 1. The van der Waals surface area contributed by atoms with Gasteiger partial charge >= 0.3 is 5.97 Å². The Hall–Kier alpha value is -1.90. The second-order valence-corrected chi connectivity index (χ2v) is 3.78. The lowest BCUT2D eigenvalue weighted by molar-refractivity contribution is 0.0594. The Bertz CT molecular complexity index is 561. The molecule has 0 N–H and O–H groups in total. The van der Waals surface area contributed by atoms with Crippen LogP contribution in [-0.4, -0.2) is 18.1 Å². The van der Waals surface area contributed by atoms with Crippen molar-refractivity contribution in [2.45, 2.75) is 13.8 Å². The highest BCUT2D eigenvalue weighted by Crippen LogP contribution is 2.20. The van der Waals surface area contributed by atoms with E-state index in [4.69, 9.17) is 0 Å². The Morgan fingerprint density at radius 1 is 1.12 bits per heavy atom. The number of benzene rings is 1. The summed E-state index contributed by atoms with van der Waals surface area (Å²) in [4.78, 5) is 15.7. The molecule has 0 fully saturated rings. The average Bonchev–Trinajstić information content (AvgIpc) is 2.32. The molecule has 1 aromatic heterocycles. The van der Waals surface area contributed by atoms with Gasteiger partial charge in [0, 0.05) is 5.39 Å². The number of nitrogens with zero attached hydrogens (tertiary/aromatic N) is 1. The molecule has 3 nitrogen and oxygen atoms in total. The van der Waals surface area contributed by atoms with Crippen molar-refractivity contribution < 1.29 is 9.53 Å². The Morgan fingerprint density at radius 2 is 1.81 bits per heavy atom. The van der Waals surface area contributed by atoms with Crippen LogP contribution < -0.4 is 0 Å². The lowest BCUT2D eigenvalue weighted by Gasteiger charge is -2.06. The number of carbonyl (C=O) groups excluding carboxylic acids is 1. The molecule has 0 aliphatic carbocycles. The smallest absolute Gasteiger partial charge is 0.356 e. The van der Waals surface area contributed by atoms with Gasteiger partial charge in [0.2, 0.25) is 0 Å². The fraction of sp³-hybridized carbons (Fsp3) is 0.231.